The predicted molar refractivity (Wildman–Crippen MR) is 109 cm³/mol. The lowest BCUT2D eigenvalue weighted by atomic mass is 9.77. The minimum atomic E-state index is -3.16. The first-order valence-corrected chi connectivity index (χ1v) is 11.5. The molecular formula is C20H21Cl2NO3S. The topological polar surface area (TPSA) is 54.5 Å². The Morgan fingerprint density at radius 2 is 1.78 bits per heavy atom. The molecule has 1 unspecified atom stereocenters. The summed E-state index contributed by atoms with van der Waals surface area (Å²) < 4.78 is 23.6. The summed E-state index contributed by atoms with van der Waals surface area (Å²) in [6.07, 6.45) is 1.84. The van der Waals surface area contributed by atoms with Crippen LogP contribution in [0.25, 0.3) is 0 Å². The first kappa shape index (κ1) is 20.2. The number of hydrogen-bond acceptors (Lipinski definition) is 3. The van der Waals surface area contributed by atoms with Gasteiger partial charge in [-0.3, -0.25) is 4.79 Å². The van der Waals surface area contributed by atoms with Crippen LogP contribution in [0.2, 0.25) is 10.0 Å². The summed E-state index contributed by atoms with van der Waals surface area (Å²) in [5, 5.41) is 0.839. The largest absolute Gasteiger partial charge is 0.337 e. The number of carbonyl (C=O) groups excluding carboxylic acids is 1. The van der Waals surface area contributed by atoms with Gasteiger partial charge in [0, 0.05) is 31.2 Å². The Morgan fingerprint density at radius 1 is 1.07 bits per heavy atom. The van der Waals surface area contributed by atoms with Gasteiger partial charge in [0.2, 0.25) is 5.91 Å². The average Bonchev–Trinajstić information content (AvgIpc) is 2.93. The van der Waals surface area contributed by atoms with Crippen molar-refractivity contribution >= 4 is 38.9 Å². The highest BCUT2D eigenvalue weighted by molar-refractivity contribution is 7.90. The smallest absolute Gasteiger partial charge is 0.223 e. The SMILES string of the molecule is CS(=O)(=O)CCC1(c2ccc(Cl)c(Cl)c2)CC(=O)N(Cc2ccccc2)C1. The molecule has 2 aromatic carbocycles. The van der Waals surface area contributed by atoms with E-state index in [-0.39, 0.29) is 18.1 Å². The first-order chi connectivity index (χ1) is 12.7. The van der Waals surface area contributed by atoms with Crippen LogP contribution in [0.5, 0.6) is 0 Å². The van der Waals surface area contributed by atoms with Crippen LogP contribution in [0.4, 0.5) is 0 Å². The second kappa shape index (κ2) is 7.82. The molecule has 1 aliphatic heterocycles. The highest BCUT2D eigenvalue weighted by atomic mass is 35.5. The van der Waals surface area contributed by atoms with Gasteiger partial charge in [0.05, 0.1) is 15.8 Å². The standard InChI is InChI=1S/C20H21Cl2NO3S/c1-27(25,26)10-9-20(16-7-8-17(21)18(22)11-16)12-19(24)23(14-20)13-15-5-3-2-4-6-15/h2-8,11H,9-10,12-14H2,1H3. The Morgan fingerprint density at radius 3 is 2.41 bits per heavy atom. The van der Waals surface area contributed by atoms with Crippen molar-refractivity contribution in [3.05, 3.63) is 69.7 Å². The van der Waals surface area contributed by atoms with E-state index < -0.39 is 15.3 Å². The van der Waals surface area contributed by atoms with Crippen LogP contribution in [-0.2, 0) is 26.6 Å². The average molecular weight is 426 g/mol. The molecule has 0 aliphatic carbocycles. The van der Waals surface area contributed by atoms with Crippen LogP contribution < -0.4 is 0 Å². The molecular weight excluding hydrogens is 405 g/mol. The van der Waals surface area contributed by atoms with Gasteiger partial charge >= 0.3 is 0 Å². The van der Waals surface area contributed by atoms with Crippen molar-refractivity contribution in [1.82, 2.24) is 4.90 Å². The van der Waals surface area contributed by atoms with E-state index in [1.807, 2.05) is 36.4 Å². The summed E-state index contributed by atoms with van der Waals surface area (Å²) in [5.41, 5.74) is 1.30. The van der Waals surface area contributed by atoms with E-state index in [9.17, 15) is 13.2 Å². The maximum absolute atomic E-state index is 12.8. The molecule has 1 aliphatic rings. The number of halogens is 2. The van der Waals surface area contributed by atoms with Gasteiger partial charge in [-0.2, -0.15) is 0 Å². The highest BCUT2D eigenvalue weighted by Gasteiger charge is 2.44. The molecule has 144 valence electrons. The fourth-order valence-corrected chi connectivity index (χ4v) is 4.63. The normalized spacial score (nSPS) is 20.3. The Hall–Kier alpha value is -1.56. The second-order valence-corrected chi connectivity index (χ2v) is 10.3. The molecule has 2 aromatic rings. The summed E-state index contributed by atoms with van der Waals surface area (Å²) in [6, 6.07) is 15.1. The number of amides is 1. The van der Waals surface area contributed by atoms with E-state index in [0.717, 1.165) is 11.1 Å². The number of likely N-dealkylation sites (tertiary alicyclic amines) is 1. The fraction of sp³-hybridized carbons (Fsp3) is 0.350. The third-order valence-corrected chi connectivity index (χ3v) is 6.72. The summed E-state index contributed by atoms with van der Waals surface area (Å²) in [5.74, 6) is 0.0260. The van der Waals surface area contributed by atoms with Crippen molar-refractivity contribution < 1.29 is 13.2 Å². The Kier molecular flexibility index (Phi) is 5.84. The molecule has 1 saturated heterocycles. The molecule has 7 heteroatoms. The van der Waals surface area contributed by atoms with Crippen molar-refractivity contribution in [2.75, 3.05) is 18.6 Å². The van der Waals surface area contributed by atoms with Crippen LogP contribution in [0.15, 0.2) is 48.5 Å². The van der Waals surface area contributed by atoms with Crippen molar-refractivity contribution in [3.63, 3.8) is 0 Å². The van der Waals surface area contributed by atoms with E-state index in [1.165, 1.54) is 6.26 Å². The zero-order valence-corrected chi connectivity index (χ0v) is 17.3. The van der Waals surface area contributed by atoms with Crippen LogP contribution in [-0.4, -0.2) is 37.8 Å². The quantitative estimate of drug-likeness (QED) is 0.699. The van der Waals surface area contributed by atoms with Crippen molar-refractivity contribution in [2.45, 2.75) is 24.8 Å². The number of benzene rings is 2. The van der Waals surface area contributed by atoms with Crippen LogP contribution in [0.3, 0.4) is 0 Å². The minimum absolute atomic E-state index is 0.0124. The molecule has 3 rings (SSSR count). The Bertz CT molecular complexity index is 947. The summed E-state index contributed by atoms with van der Waals surface area (Å²) >= 11 is 12.2. The Balaban J connectivity index is 1.93. The second-order valence-electron chi connectivity index (χ2n) is 7.20. The maximum Gasteiger partial charge on any atom is 0.223 e. The van der Waals surface area contributed by atoms with Gasteiger partial charge < -0.3 is 4.90 Å². The molecule has 1 atom stereocenters. The Labute approximate surface area is 170 Å². The van der Waals surface area contributed by atoms with E-state index in [1.54, 1.807) is 17.0 Å². The first-order valence-electron chi connectivity index (χ1n) is 8.63. The molecule has 0 bridgehead atoms. The molecule has 4 nitrogen and oxygen atoms in total. The third kappa shape index (κ3) is 4.84. The monoisotopic (exact) mass is 425 g/mol. The van der Waals surface area contributed by atoms with Gasteiger partial charge in [-0.05, 0) is 29.7 Å². The lowest BCUT2D eigenvalue weighted by Crippen LogP contribution is -2.33. The molecule has 1 amide bonds. The molecule has 1 fully saturated rings. The summed E-state index contributed by atoms with van der Waals surface area (Å²) in [4.78, 5) is 14.6. The van der Waals surface area contributed by atoms with Crippen molar-refractivity contribution in [1.29, 1.82) is 0 Å². The molecule has 0 radical (unpaired) electrons. The number of carbonyl (C=O) groups is 1. The van der Waals surface area contributed by atoms with Gasteiger partial charge in [-0.25, -0.2) is 8.42 Å². The number of sulfone groups is 1. The number of rotatable bonds is 6. The highest BCUT2D eigenvalue weighted by Crippen LogP contribution is 2.41. The van der Waals surface area contributed by atoms with Gasteiger partial charge in [-0.1, -0.05) is 59.6 Å². The number of nitrogens with zero attached hydrogens (tertiary/aromatic N) is 1. The van der Waals surface area contributed by atoms with Gasteiger partial charge in [0.1, 0.15) is 9.84 Å². The fourth-order valence-electron chi connectivity index (χ4n) is 3.57. The van der Waals surface area contributed by atoms with E-state index in [2.05, 4.69) is 0 Å². The summed E-state index contributed by atoms with van der Waals surface area (Å²) in [6.45, 7) is 0.954. The van der Waals surface area contributed by atoms with Gasteiger partial charge in [0.15, 0.2) is 0 Å². The lowest BCUT2D eigenvalue weighted by Gasteiger charge is -2.29. The number of hydrogen-bond donors (Lipinski definition) is 0. The van der Waals surface area contributed by atoms with E-state index in [4.69, 9.17) is 23.2 Å². The van der Waals surface area contributed by atoms with Gasteiger partial charge in [-0.15, -0.1) is 0 Å². The van der Waals surface area contributed by atoms with Crippen LogP contribution in [0, 0.1) is 0 Å². The molecule has 0 aromatic heterocycles. The van der Waals surface area contributed by atoms with Crippen LogP contribution >= 0.6 is 23.2 Å². The molecule has 1 heterocycles. The van der Waals surface area contributed by atoms with Crippen molar-refractivity contribution in [3.8, 4) is 0 Å². The van der Waals surface area contributed by atoms with Crippen molar-refractivity contribution in [2.24, 2.45) is 0 Å². The summed E-state index contributed by atoms with van der Waals surface area (Å²) in [7, 11) is -3.16. The zero-order chi connectivity index (χ0) is 19.7. The molecule has 0 saturated carbocycles. The lowest BCUT2D eigenvalue weighted by molar-refractivity contribution is -0.128. The van der Waals surface area contributed by atoms with E-state index >= 15 is 0 Å². The van der Waals surface area contributed by atoms with Crippen LogP contribution in [0.1, 0.15) is 24.0 Å². The molecule has 0 N–H and O–H groups in total. The van der Waals surface area contributed by atoms with E-state index in [0.29, 0.717) is 29.6 Å². The molecule has 27 heavy (non-hydrogen) atoms. The maximum atomic E-state index is 12.8. The zero-order valence-electron chi connectivity index (χ0n) is 15.0. The van der Waals surface area contributed by atoms with Gasteiger partial charge in [0.25, 0.3) is 0 Å². The third-order valence-electron chi connectivity index (χ3n) is 5.04. The predicted octanol–water partition coefficient (Wildman–Crippen LogP) is 4.10. The molecule has 0 spiro atoms. The minimum Gasteiger partial charge on any atom is -0.337 e.